The number of hydrogen-bond acceptors (Lipinski definition) is 3. The van der Waals surface area contributed by atoms with Crippen molar-refractivity contribution in [1.82, 2.24) is 10.6 Å². The third kappa shape index (κ3) is 5.00. The molecule has 0 aromatic heterocycles. The van der Waals surface area contributed by atoms with Crippen LogP contribution in [0, 0.1) is 5.92 Å². The Balaban J connectivity index is 0.00000361. The van der Waals surface area contributed by atoms with E-state index in [4.69, 9.17) is 11.6 Å². The minimum atomic E-state index is -0.288. The molecule has 0 aliphatic heterocycles. The monoisotopic (exact) mass is 319 g/mol. The van der Waals surface area contributed by atoms with Crippen LogP contribution in [0.5, 0.6) is 0 Å². The SMILES string of the molecule is CNCC(C)C(=O)Nc1ccc(Cl)c(C(=O)NC)c1.Cl. The van der Waals surface area contributed by atoms with Gasteiger partial charge in [-0.2, -0.15) is 0 Å². The minimum Gasteiger partial charge on any atom is -0.355 e. The van der Waals surface area contributed by atoms with Crippen LogP contribution in [0.15, 0.2) is 18.2 Å². The molecular weight excluding hydrogens is 301 g/mol. The summed E-state index contributed by atoms with van der Waals surface area (Å²) in [6, 6.07) is 4.81. The summed E-state index contributed by atoms with van der Waals surface area (Å²) in [7, 11) is 3.31. The lowest BCUT2D eigenvalue weighted by Gasteiger charge is -2.12. The topological polar surface area (TPSA) is 70.2 Å². The van der Waals surface area contributed by atoms with E-state index in [0.29, 0.717) is 22.8 Å². The molecule has 1 atom stereocenters. The van der Waals surface area contributed by atoms with Gasteiger partial charge in [-0.3, -0.25) is 9.59 Å². The van der Waals surface area contributed by atoms with E-state index in [1.807, 2.05) is 6.92 Å². The smallest absolute Gasteiger partial charge is 0.252 e. The Hall–Kier alpha value is -1.30. The van der Waals surface area contributed by atoms with Gasteiger partial charge < -0.3 is 16.0 Å². The van der Waals surface area contributed by atoms with E-state index in [1.165, 1.54) is 7.05 Å². The molecule has 7 heteroatoms. The first kappa shape index (κ1) is 18.7. The summed E-state index contributed by atoms with van der Waals surface area (Å²) >= 11 is 5.94. The maximum atomic E-state index is 11.9. The minimum absolute atomic E-state index is 0. The molecule has 5 nitrogen and oxygen atoms in total. The van der Waals surface area contributed by atoms with Crippen LogP contribution in [-0.2, 0) is 4.79 Å². The fourth-order valence-corrected chi connectivity index (χ4v) is 1.78. The number of hydrogen-bond donors (Lipinski definition) is 3. The summed E-state index contributed by atoms with van der Waals surface area (Å²) in [4.78, 5) is 23.4. The average molecular weight is 320 g/mol. The first-order valence-corrected chi connectivity index (χ1v) is 6.34. The van der Waals surface area contributed by atoms with E-state index >= 15 is 0 Å². The zero-order chi connectivity index (χ0) is 14.4. The van der Waals surface area contributed by atoms with Crippen molar-refractivity contribution in [2.75, 3.05) is 26.0 Å². The summed E-state index contributed by atoms with van der Waals surface area (Å²) in [6.07, 6.45) is 0. The van der Waals surface area contributed by atoms with Crippen LogP contribution in [-0.4, -0.2) is 32.5 Å². The first-order chi connectivity index (χ1) is 8.99. The molecule has 112 valence electrons. The maximum Gasteiger partial charge on any atom is 0.252 e. The number of rotatable bonds is 5. The number of benzene rings is 1. The van der Waals surface area contributed by atoms with Gasteiger partial charge >= 0.3 is 0 Å². The van der Waals surface area contributed by atoms with Crippen molar-refractivity contribution >= 4 is 41.5 Å². The molecule has 0 fully saturated rings. The van der Waals surface area contributed by atoms with Crippen molar-refractivity contribution in [2.24, 2.45) is 5.92 Å². The van der Waals surface area contributed by atoms with Crippen molar-refractivity contribution in [3.8, 4) is 0 Å². The van der Waals surface area contributed by atoms with Crippen molar-refractivity contribution in [3.05, 3.63) is 28.8 Å². The van der Waals surface area contributed by atoms with E-state index in [2.05, 4.69) is 16.0 Å². The summed E-state index contributed by atoms with van der Waals surface area (Å²) < 4.78 is 0. The van der Waals surface area contributed by atoms with E-state index in [1.54, 1.807) is 25.2 Å². The Morgan fingerprint density at radius 3 is 2.50 bits per heavy atom. The van der Waals surface area contributed by atoms with E-state index in [0.717, 1.165) is 0 Å². The van der Waals surface area contributed by atoms with Crippen LogP contribution in [0.2, 0.25) is 5.02 Å². The first-order valence-electron chi connectivity index (χ1n) is 5.96. The molecule has 1 unspecified atom stereocenters. The molecule has 0 aliphatic carbocycles. The Morgan fingerprint density at radius 2 is 1.95 bits per heavy atom. The van der Waals surface area contributed by atoms with Crippen LogP contribution in [0.1, 0.15) is 17.3 Å². The van der Waals surface area contributed by atoms with E-state index < -0.39 is 0 Å². The second-order valence-corrected chi connectivity index (χ2v) is 4.63. The summed E-state index contributed by atoms with van der Waals surface area (Å²) in [5.41, 5.74) is 0.888. The third-order valence-electron chi connectivity index (χ3n) is 2.66. The van der Waals surface area contributed by atoms with Gasteiger partial charge in [0.1, 0.15) is 0 Å². The molecule has 20 heavy (non-hydrogen) atoms. The molecule has 0 saturated heterocycles. The molecule has 0 radical (unpaired) electrons. The van der Waals surface area contributed by atoms with Gasteiger partial charge in [0.15, 0.2) is 0 Å². The molecule has 1 aromatic rings. The number of nitrogens with one attached hydrogen (secondary N) is 3. The van der Waals surface area contributed by atoms with Gasteiger partial charge in [0.25, 0.3) is 5.91 Å². The average Bonchev–Trinajstić information content (AvgIpc) is 2.40. The number of halogens is 2. The molecule has 0 bridgehead atoms. The van der Waals surface area contributed by atoms with Gasteiger partial charge in [-0.05, 0) is 25.2 Å². The van der Waals surface area contributed by atoms with Gasteiger partial charge in [-0.1, -0.05) is 18.5 Å². The fraction of sp³-hybridized carbons (Fsp3) is 0.385. The third-order valence-corrected chi connectivity index (χ3v) is 2.99. The van der Waals surface area contributed by atoms with Gasteiger partial charge in [-0.15, -0.1) is 12.4 Å². The lowest BCUT2D eigenvalue weighted by Crippen LogP contribution is -2.28. The molecular formula is C13H19Cl2N3O2. The number of carbonyl (C=O) groups is 2. The number of anilines is 1. The second kappa shape index (κ2) is 8.79. The Morgan fingerprint density at radius 1 is 1.30 bits per heavy atom. The summed E-state index contributed by atoms with van der Waals surface area (Å²) in [5, 5.41) is 8.54. The van der Waals surface area contributed by atoms with Crippen molar-refractivity contribution in [1.29, 1.82) is 0 Å². The van der Waals surface area contributed by atoms with E-state index in [-0.39, 0.29) is 30.1 Å². The predicted molar refractivity (Wildman–Crippen MR) is 83.8 cm³/mol. The highest BCUT2D eigenvalue weighted by atomic mass is 35.5. The fourth-order valence-electron chi connectivity index (χ4n) is 1.58. The molecule has 1 aromatic carbocycles. The number of amides is 2. The van der Waals surface area contributed by atoms with Crippen LogP contribution in [0.4, 0.5) is 5.69 Å². The molecule has 0 heterocycles. The quantitative estimate of drug-likeness (QED) is 0.776. The summed E-state index contributed by atoms with van der Waals surface area (Å²) in [6.45, 7) is 2.41. The molecule has 0 spiro atoms. The predicted octanol–water partition coefficient (Wildman–Crippen LogP) is 1.92. The van der Waals surface area contributed by atoms with Crippen molar-refractivity contribution in [3.63, 3.8) is 0 Å². The zero-order valence-corrected chi connectivity index (χ0v) is 13.2. The van der Waals surface area contributed by atoms with Crippen LogP contribution < -0.4 is 16.0 Å². The van der Waals surface area contributed by atoms with Gasteiger partial charge in [0.2, 0.25) is 5.91 Å². The van der Waals surface area contributed by atoms with Gasteiger partial charge in [0.05, 0.1) is 10.6 Å². The molecule has 3 N–H and O–H groups in total. The zero-order valence-electron chi connectivity index (χ0n) is 11.6. The van der Waals surface area contributed by atoms with Crippen LogP contribution in [0.3, 0.4) is 0 Å². The highest BCUT2D eigenvalue weighted by molar-refractivity contribution is 6.34. The lowest BCUT2D eigenvalue weighted by molar-refractivity contribution is -0.119. The van der Waals surface area contributed by atoms with Gasteiger partial charge in [-0.25, -0.2) is 0 Å². The molecule has 0 saturated carbocycles. The molecule has 1 rings (SSSR count). The molecule has 0 aliphatic rings. The largest absolute Gasteiger partial charge is 0.355 e. The highest BCUT2D eigenvalue weighted by Crippen LogP contribution is 2.20. The highest BCUT2D eigenvalue weighted by Gasteiger charge is 2.14. The second-order valence-electron chi connectivity index (χ2n) is 4.22. The van der Waals surface area contributed by atoms with Crippen molar-refractivity contribution in [2.45, 2.75) is 6.92 Å². The molecule has 2 amide bonds. The van der Waals surface area contributed by atoms with Crippen LogP contribution >= 0.6 is 24.0 Å². The number of carbonyl (C=O) groups excluding carboxylic acids is 2. The Labute approximate surface area is 129 Å². The summed E-state index contributed by atoms with van der Waals surface area (Å²) in [5.74, 6) is -0.562. The Kier molecular flexibility index (Phi) is 8.22. The maximum absolute atomic E-state index is 11.9. The Bertz CT molecular complexity index is 481. The van der Waals surface area contributed by atoms with Crippen LogP contribution in [0.25, 0.3) is 0 Å². The lowest BCUT2D eigenvalue weighted by atomic mass is 10.1. The standard InChI is InChI=1S/C13H18ClN3O2.ClH/c1-8(7-15-2)12(18)17-9-4-5-11(14)10(6-9)13(19)16-3;/h4-6,8,15H,7H2,1-3H3,(H,16,19)(H,17,18);1H. The normalized spacial score (nSPS) is 11.2. The van der Waals surface area contributed by atoms with E-state index in [9.17, 15) is 9.59 Å². The van der Waals surface area contributed by atoms with Crippen molar-refractivity contribution < 1.29 is 9.59 Å². The van der Waals surface area contributed by atoms with Gasteiger partial charge in [0, 0.05) is 25.2 Å².